The number of aromatic hydroxyl groups is 1. The standard InChI is InChI=1S/C15H13IN2O3/c1-21-14-7-4-11(8-13(14)16)15(20)18-17-9-10-2-5-12(19)6-3-10/h2-9,19H,1H3,(H,18,20)/b17-9-. The number of ether oxygens (including phenoxy) is 1. The molecule has 2 aromatic rings. The van der Waals surface area contributed by atoms with Crippen LogP contribution in [-0.2, 0) is 0 Å². The van der Waals surface area contributed by atoms with Crippen LogP contribution in [0.4, 0.5) is 0 Å². The van der Waals surface area contributed by atoms with Crippen molar-refractivity contribution in [3.8, 4) is 11.5 Å². The van der Waals surface area contributed by atoms with Crippen LogP contribution in [0.1, 0.15) is 15.9 Å². The van der Waals surface area contributed by atoms with E-state index in [4.69, 9.17) is 9.84 Å². The van der Waals surface area contributed by atoms with Crippen molar-refractivity contribution in [1.29, 1.82) is 0 Å². The van der Waals surface area contributed by atoms with Crippen molar-refractivity contribution in [3.05, 3.63) is 57.2 Å². The minimum Gasteiger partial charge on any atom is -0.508 e. The summed E-state index contributed by atoms with van der Waals surface area (Å²) in [5.74, 6) is 0.606. The number of rotatable bonds is 4. The summed E-state index contributed by atoms with van der Waals surface area (Å²) in [5.41, 5.74) is 3.73. The normalized spacial score (nSPS) is 10.6. The first-order valence-electron chi connectivity index (χ1n) is 6.06. The van der Waals surface area contributed by atoms with Gasteiger partial charge in [0, 0.05) is 5.56 Å². The minimum absolute atomic E-state index is 0.184. The molecule has 6 heteroatoms. The Morgan fingerprint density at radius 1 is 1.29 bits per heavy atom. The van der Waals surface area contributed by atoms with Crippen molar-refractivity contribution < 1.29 is 14.6 Å². The van der Waals surface area contributed by atoms with Crippen molar-refractivity contribution in [2.24, 2.45) is 5.10 Å². The summed E-state index contributed by atoms with van der Waals surface area (Å²) in [6.07, 6.45) is 1.51. The van der Waals surface area contributed by atoms with Crippen LogP contribution in [0.5, 0.6) is 11.5 Å². The summed E-state index contributed by atoms with van der Waals surface area (Å²) >= 11 is 2.10. The number of methoxy groups -OCH3 is 1. The Morgan fingerprint density at radius 2 is 2.00 bits per heavy atom. The average Bonchev–Trinajstić information content (AvgIpc) is 2.49. The molecule has 108 valence electrons. The van der Waals surface area contributed by atoms with Gasteiger partial charge in [0.2, 0.25) is 0 Å². The number of halogens is 1. The molecular weight excluding hydrogens is 383 g/mol. The molecule has 0 bridgehead atoms. The molecule has 0 aliphatic carbocycles. The summed E-state index contributed by atoms with van der Waals surface area (Å²) in [6.45, 7) is 0. The number of carbonyl (C=O) groups excluding carboxylic acids is 1. The summed E-state index contributed by atoms with van der Waals surface area (Å²) < 4.78 is 5.99. The predicted molar refractivity (Wildman–Crippen MR) is 88.9 cm³/mol. The molecule has 0 heterocycles. The van der Waals surface area contributed by atoms with Crippen LogP contribution in [0.25, 0.3) is 0 Å². The third-order valence-electron chi connectivity index (χ3n) is 2.69. The first-order chi connectivity index (χ1) is 10.1. The van der Waals surface area contributed by atoms with Gasteiger partial charge in [0.15, 0.2) is 0 Å². The van der Waals surface area contributed by atoms with Gasteiger partial charge in [0.05, 0.1) is 16.9 Å². The van der Waals surface area contributed by atoms with E-state index in [2.05, 4.69) is 33.1 Å². The van der Waals surface area contributed by atoms with Crippen LogP contribution < -0.4 is 10.2 Å². The van der Waals surface area contributed by atoms with Crippen LogP contribution >= 0.6 is 22.6 Å². The number of phenolic OH excluding ortho intramolecular Hbond substituents is 1. The SMILES string of the molecule is COc1ccc(C(=O)N/N=C\c2ccc(O)cc2)cc1I. The van der Waals surface area contributed by atoms with E-state index in [0.29, 0.717) is 5.56 Å². The predicted octanol–water partition coefficient (Wildman–Crippen LogP) is 2.77. The van der Waals surface area contributed by atoms with Gasteiger partial charge in [-0.3, -0.25) is 4.79 Å². The molecule has 0 aliphatic rings. The van der Waals surface area contributed by atoms with E-state index >= 15 is 0 Å². The summed E-state index contributed by atoms with van der Waals surface area (Å²) in [5, 5.41) is 13.0. The Balaban J connectivity index is 2.01. The topological polar surface area (TPSA) is 70.9 Å². The van der Waals surface area contributed by atoms with Crippen molar-refractivity contribution in [2.45, 2.75) is 0 Å². The lowest BCUT2D eigenvalue weighted by molar-refractivity contribution is 0.0955. The molecule has 0 spiro atoms. The Kier molecular flexibility index (Phi) is 5.15. The van der Waals surface area contributed by atoms with E-state index in [1.54, 1.807) is 49.6 Å². The van der Waals surface area contributed by atoms with Crippen LogP contribution in [-0.4, -0.2) is 24.3 Å². The Labute approximate surface area is 135 Å². The van der Waals surface area contributed by atoms with E-state index in [1.807, 2.05) is 0 Å². The highest BCUT2D eigenvalue weighted by atomic mass is 127. The number of nitrogens with zero attached hydrogens (tertiary/aromatic N) is 1. The molecule has 0 aromatic heterocycles. The molecular formula is C15H13IN2O3. The molecule has 2 N–H and O–H groups in total. The maximum Gasteiger partial charge on any atom is 0.271 e. The molecule has 0 unspecified atom stereocenters. The van der Waals surface area contributed by atoms with E-state index < -0.39 is 0 Å². The number of hydrogen-bond donors (Lipinski definition) is 2. The van der Waals surface area contributed by atoms with Gasteiger partial charge in [-0.15, -0.1) is 0 Å². The van der Waals surface area contributed by atoms with Crippen molar-refractivity contribution in [2.75, 3.05) is 7.11 Å². The molecule has 0 fully saturated rings. The number of hydrogen-bond acceptors (Lipinski definition) is 4. The fourth-order valence-corrected chi connectivity index (χ4v) is 2.33. The average molecular weight is 396 g/mol. The molecule has 0 aliphatic heterocycles. The van der Waals surface area contributed by atoms with Crippen LogP contribution in [0, 0.1) is 3.57 Å². The first-order valence-corrected chi connectivity index (χ1v) is 7.14. The Morgan fingerprint density at radius 3 is 2.62 bits per heavy atom. The number of hydrazone groups is 1. The van der Waals surface area contributed by atoms with Crippen LogP contribution in [0.3, 0.4) is 0 Å². The van der Waals surface area contributed by atoms with Gasteiger partial charge in [-0.1, -0.05) is 0 Å². The van der Waals surface area contributed by atoms with Crippen LogP contribution in [0.15, 0.2) is 47.6 Å². The van der Waals surface area contributed by atoms with Crippen molar-refractivity contribution >= 4 is 34.7 Å². The van der Waals surface area contributed by atoms with Gasteiger partial charge >= 0.3 is 0 Å². The highest BCUT2D eigenvalue weighted by Crippen LogP contribution is 2.21. The van der Waals surface area contributed by atoms with Gasteiger partial charge in [-0.2, -0.15) is 5.10 Å². The summed E-state index contributed by atoms with van der Waals surface area (Å²) in [4.78, 5) is 11.9. The molecule has 1 amide bonds. The second-order valence-electron chi connectivity index (χ2n) is 4.14. The first kappa shape index (κ1) is 15.3. The molecule has 5 nitrogen and oxygen atoms in total. The highest BCUT2D eigenvalue weighted by Gasteiger charge is 2.07. The summed E-state index contributed by atoms with van der Waals surface area (Å²) in [7, 11) is 1.58. The van der Waals surface area contributed by atoms with Gasteiger partial charge < -0.3 is 9.84 Å². The summed E-state index contributed by atoms with van der Waals surface area (Å²) in [6, 6.07) is 11.6. The number of carbonyl (C=O) groups is 1. The Bertz CT molecular complexity index is 669. The lowest BCUT2D eigenvalue weighted by atomic mass is 10.2. The molecule has 0 atom stereocenters. The van der Waals surface area contributed by atoms with Gasteiger partial charge in [-0.05, 0) is 70.6 Å². The van der Waals surface area contributed by atoms with E-state index in [-0.39, 0.29) is 11.7 Å². The number of amides is 1. The van der Waals surface area contributed by atoms with Crippen molar-refractivity contribution in [3.63, 3.8) is 0 Å². The fraction of sp³-hybridized carbons (Fsp3) is 0.0667. The quantitative estimate of drug-likeness (QED) is 0.475. The van der Waals surface area contributed by atoms with E-state index in [0.717, 1.165) is 14.9 Å². The van der Waals surface area contributed by atoms with Crippen LogP contribution in [0.2, 0.25) is 0 Å². The lowest BCUT2D eigenvalue weighted by Crippen LogP contribution is -2.17. The third kappa shape index (κ3) is 4.19. The molecule has 2 rings (SSSR count). The monoisotopic (exact) mass is 396 g/mol. The molecule has 2 aromatic carbocycles. The van der Waals surface area contributed by atoms with Crippen molar-refractivity contribution in [1.82, 2.24) is 5.43 Å². The maximum atomic E-state index is 11.9. The smallest absolute Gasteiger partial charge is 0.271 e. The lowest BCUT2D eigenvalue weighted by Gasteiger charge is -2.05. The zero-order chi connectivity index (χ0) is 15.2. The molecule has 0 saturated heterocycles. The molecule has 0 saturated carbocycles. The van der Waals surface area contributed by atoms with Gasteiger partial charge in [0.25, 0.3) is 5.91 Å². The minimum atomic E-state index is -0.300. The number of nitrogens with one attached hydrogen (secondary N) is 1. The van der Waals surface area contributed by atoms with E-state index in [9.17, 15) is 4.79 Å². The number of benzene rings is 2. The number of phenols is 1. The van der Waals surface area contributed by atoms with Gasteiger partial charge in [-0.25, -0.2) is 5.43 Å². The second kappa shape index (κ2) is 7.07. The largest absolute Gasteiger partial charge is 0.508 e. The zero-order valence-electron chi connectivity index (χ0n) is 11.2. The fourth-order valence-electron chi connectivity index (χ4n) is 1.60. The van der Waals surface area contributed by atoms with E-state index in [1.165, 1.54) is 6.21 Å². The maximum absolute atomic E-state index is 11.9. The second-order valence-corrected chi connectivity index (χ2v) is 5.30. The highest BCUT2D eigenvalue weighted by molar-refractivity contribution is 14.1. The zero-order valence-corrected chi connectivity index (χ0v) is 13.4. The molecule has 0 radical (unpaired) electrons. The Hall–Kier alpha value is -2.09. The van der Waals surface area contributed by atoms with Gasteiger partial charge in [0.1, 0.15) is 11.5 Å². The molecule has 21 heavy (non-hydrogen) atoms. The third-order valence-corrected chi connectivity index (χ3v) is 3.53.